The van der Waals surface area contributed by atoms with Gasteiger partial charge in [0.05, 0.1) is 0 Å². The van der Waals surface area contributed by atoms with Gasteiger partial charge in [-0.2, -0.15) is 0 Å². The zero-order valence-corrected chi connectivity index (χ0v) is 13.9. The van der Waals surface area contributed by atoms with Gasteiger partial charge >= 0.3 is 0 Å². The molecule has 0 aromatic rings. The van der Waals surface area contributed by atoms with E-state index in [1.165, 1.54) is 25.7 Å². The van der Waals surface area contributed by atoms with Crippen molar-refractivity contribution in [3.8, 4) is 0 Å². The van der Waals surface area contributed by atoms with Crippen molar-refractivity contribution in [1.82, 2.24) is 5.32 Å². The van der Waals surface area contributed by atoms with Gasteiger partial charge in [0.15, 0.2) is 0 Å². The molecule has 0 aliphatic heterocycles. The zero-order valence-electron chi connectivity index (χ0n) is 13.9. The van der Waals surface area contributed by atoms with Crippen LogP contribution in [0.4, 0.5) is 0 Å². The minimum atomic E-state index is 0.385. The van der Waals surface area contributed by atoms with Crippen molar-refractivity contribution in [2.45, 2.75) is 59.3 Å². The van der Waals surface area contributed by atoms with Gasteiger partial charge in [-0.3, -0.25) is 0 Å². The third-order valence-electron chi connectivity index (χ3n) is 4.34. The summed E-state index contributed by atoms with van der Waals surface area (Å²) in [5.74, 6) is 1.64. The van der Waals surface area contributed by atoms with Crippen LogP contribution < -0.4 is 11.1 Å². The van der Waals surface area contributed by atoms with Crippen LogP contribution in [0.5, 0.6) is 0 Å². The molecule has 0 saturated heterocycles. The van der Waals surface area contributed by atoms with Gasteiger partial charge < -0.3 is 15.8 Å². The number of rotatable bonds is 12. The average molecular weight is 284 g/mol. The molecule has 0 aromatic carbocycles. The average Bonchev–Trinajstić information content (AvgIpc) is 3.18. The predicted octanol–water partition coefficient (Wildman–Crippen LogP) is 3.18. The summed E-state index contributed by atoms with van der Waals surface area (Å²) < 4.78 is 5.63. The Bertz CT molecular complexity index is 234. The van der Waals surface area contributed by atoms with E-state index in [1.54, 1.807) is 0 Å². The first-order valence-corrected chi connectivity index (χ1v) is 8.52. The molecule has 1 unspecified atom stereocenters. The lowest BCUT2D eigenvalue weighted by Crippen LogP contribution is -2.25. The number of ether oxygens (including phenoxy) is 1. The summed E-state index contributed by atoms with van der Waals surface area (Å²) in [6.07, 6.45) is 7.60. The lowest BCUT2D eigenvalue weighted by molar-refractivity contribution is 0.122. The van der Waals surface area contributed by atoms with Gasteiger partial charge in [-0.05, 0) is 75.4 Å². The molecule has 0 amide bonds. The number of nitrogens with two attached hydrogens (primary N) is 1. The Balaban J connectivity index is 1.88. The lowest BCUT2D eigenvalue weighted by atomic mass is 9.76. The molecule has 20 heavy (non-hydrogen) atoms. The minimum Gasteiger partial charge on any atom is -0.381 e. The monoisotopic (exact) mass is 284 g/mol. The summed E-state index contributed by atoms with van der Waals surface area (Å²) in [5.41, 5.74) is 6.11. The van der Waals surface area contributed by atoms with Crippen molar-refractivity contribution in [3.63, 3.8) is 0 Å². The molecule has 120 valence electrons. The van der Waals surface area contributed by atoms with Crippen molar-refractivity contribution in [1.29, 1.82) is 0 Å². The molecule has 1 rings (SSSR count). The van der Waals surface area contributed by atoms with Crippen LogP contribution in [-0.2, 0) is 4.74 Å². The van der Waals surface area contributed by atoms with E-state index in [4.69, 9.17) is 10.5 Å². The second-order valence-corrected chi connectivity index (χ2v) is 7.40. The van der Waals surface area contributed by atoms with E-state index in [-0.39, 0.29) is 0 Å². The second kappa shape index (κ2) is 9.75. The topological polar surface area (TPSA) is 47.3 Å². The lowest BCUT2D eigenvalue weighted by Gasteiger charge is -2.30. The summed E-state index contributed by atoms with van der Waals surface area (Å²) in [5, 5.41) is 3.53. The fourth-order valence-electron chi connectivity index (χ4n) is 2.64. The van der Waals surface area contributed by atoms with Crippen LogP contribution in [-0.4, -0.2) is 32.8 Å². The van der Waals surface area contributed by atoms with E-state index in [9.17, 15) is 0 Å². The fraction of sp³-hybridized carbons (Fsp3) is 1.00. The predicted molar refractivity (Wildman–Crippen MR) is 86.9 cm³/mol. The van der Waals surface area contributed by atoms with Crippen LogP contribution in [0.25, 0.3) is 0 Å². The summed E-state index contributed by atoms with van der Waals surface area (Å²) >= 11 is 0. The summed E-state index contributed by atoms with van der Waals surface area (Å²) in [4.78, 5) is 0. The number of nitrogens with one attached hydrogen (secondary N) is 1. The molecule has 0 bridgehead atoms. The summed E-state index contributed by atoms with van der Waals surface area (Å²) in [7, 11) is 0. The van der Waals surface area contributed by atoms with E-state index in [0.717, 1.165) is 57.5 Å². The molecule has 1 fully saturated rings. The van der Waals surface area contributed by atoms with Gasteiger partial charge in [0, 0.05) is 13.2 Å². The highest BCUT2D eigenvalue weighted by molar-refractivity contribution is 4.74. The van der Waals surface area contributed by atoms with E-state index >= 15 is 0 Å². The molecule has 3 N–H and O–H groups in total. The van der Waals surface area contributed by atoms with E-state index in [0.29, 0.717) is 5.41 Å². The Morgan fingerprint density at radius 3 is 2.45 bits per heavy atom. The molecule has 1 aliphatic rings. The van der Waals surface area contributed by atoms with Crippen LogP contribution in [0.1, 0.15) is 59.3 Å². The molecular weight excluding hydrogens is 248 g/mol. The smallest absolute Gasteiger partial charge is 0.0494 e. The van der Waals surface area contributed by atoms with Crippen LogP contribution in [0.2, 0.25) is 0 Å². The molecule has 0 spiro atoms. The quantitative estimate of drug-likeness (QED) is 0.541. The first kappa shape index (κ1) is 17.9. The highest BCUT2D eigenvalue weighted by atomic mass is 16.5. The fourth-order valence-corrected chi connectivity index (χ4v) is 2.64. The number of hydrogen-bond acceptors (Lipinski definition) is 3. The second-order valence-electron chi connectivity index (χ2n) is 7.40. The van der Waals surface area contributed by atoms with Crippen molar-refractivity contribution < 1.29 is 4.74 Å². The van der Waals surface area contributed by atoms with Gasteiger partial charge in [-0.25, -0.2) is 0 Å². The molecule has 0 aromatic heterocycles. The maximum absolute atomic E-state index is 5.72. The van der Waals surface area contributed by atoms with E-state index < -0.39 is 0 Å². The maximum Gasteiger partial charge on any atom is 0.0494 e. The van der Waals surface area contributed by atoms with Crippen molar-refractivity contribution in [2.75, 3.05) is 32.8 Å². The standard InChI is InChI=1S/C17H36N2O/c1-17(2,3)16(9-10-18)6-4-11-19-12-5-13-20-14-15-7-8-15/h15-16,19H,4-14,18H2,1-3H3. The Hall–Kier alpha value is -0.120. The van der Waals surface area contributed by atoms with Gasteiger partial charge in [0.2, 0.25) is 0 Å². The molecule has 3 heteroatoms. The van der Waals surface area contributed by atoms with Gasteiger partial charge in [-0.1, -0.05) is 20.8 Å². The largest absolute Gasteiger partial charge is 0.381 e. The molecule has 0 radical (unpaired) electrons. The molecule has 1 saturated carbocycles. The van der Waals surface area contributed by atoms with Crippen molar-refractivity contribution >= 4 is 0 Å². The molecule has 1 aliphatic carbocycles. The summed E-state index contributed by atoms with van der Waals surface area (Å²) in [6.45, 7) is 11.9. The van der Waals surface area contributed by atoms with Gasteiger partial charge in [0.1, 0.15) is 0 Å². The Morgan fingerprint density at radius 2 is 1.85 bits per heavy atom. The maximum atomic E-state index is 5.72. The molecule has 1 atom stereocenters. The SMILES string of the molecule is CC(C)(C)C(CCN)CCCNCCCOCC1CC1. The molecular formula is C17H36N2O. The van der Waals surface area contributed by atoms with Crippen LogP contribution in [0.3, 0.4) is 0 Å². The first-order valence-electron chi connectivity index (χ1n) is 8.52. The van der Waals surface area contributed by atoms with Crippen molar-refractivity contribution in [2.24, 2.45) is 23.0 Å². The van der Waals surface area contributed by atoms with E-state index in [1.807, 2.05) is 0 Å². The van der Waals surface area contributed by atoms with Crippen LogP contribution in [0, 0.1) is 17.3 Å². The van der Waals surface area contributed by atoms with Crippen LogP contribution >= 0.6 is 0 Å². The zero-order chi connectivity index (χ0) is 14.8. The Labute approximate surface area is 126 Å². The number of hydrogen-bond donors (Lipinski definition) is 2. The van der Waals surface area contributed by atoms with Gasteiger partial charge in [-0.15, -0.1) is 0 Å². The third kappa shape index (κ3) is 8.93. The van der Waals surface area contributed by atoms with Crippen molar-refractivity contribution in [3.05, 3.63) is 0 Å². The van der Waals surface area contributed by atoms with E-state index in [2.05, 4.69) is 26.1 Å². The highest BCUT2D eigenvalue weighted by Crippen LogP contribution is 2.31. The van der Waals surface area contributed by atoms with Gasteiger partial charge in [0.25, 0.3) is 0 Å². The normalized spacial score (nSPS) is 17.4. The Kier molecular flexibility index (Phi) is 8.74. The first-order chi connectivity index (χ1) is 9.54. The Morgan fingerprint density at radius 1 is 1.15 bits per heavy atom. The third-order valence-corrected chi connectivity index (χ3v) is 4.34. The summed E-state index contributed by atoms with van der Waals surface area (Å²) in [6, 6.07) is 0. The minimum absolute atomic E-state index is 0.385. The highest BCUT2D eigenvalue weighted by Gasteiger charge is 2.23. The molecule has 0 heterocycles. The van der Waals surface area contributed by atoms with Crippen LogP contribution in [0.15, 0.2) is 0 Å². The molecule has 3 nitrogen and oxygen atoms in total.